The van der Waals surface area contributed by atoms with Crippen molar-refractivity contribution < 1.29 is 0 Å². The monoisotopic (exact) mass is 362 g/mol. The molecule has 0 radical (unpaired) electrons. The molecule has 0 amide bonds. The molecule has 3 aliphatic rings. The van der Waals surface area contributed by atoms with Crippen molar-refractivity contribution in [1.29, 1.82) is 5.26 Å². The van der Waals surface area contributed by atoms with Crippen LogP contribution in [0.2, 0.25) is 0 Å². The quantitative estimate of drug-likeness (QED) is 0.635. The molecular formula is C23H30N4. The van der Waals surface area contributed by atoms with Gasteiger partial charge in [0.05, 0.1) is 11.6 Å². The number of rotatable bonds is 6. The van der Waals surface area contributed by atoms with Crippen molar-refractivity contribution in [2.75, 3.05) is 0 Å². The van der Waals surface area contributed by atoms with E-state index in [-0.39, 0.29) is 5.41 Å². The zero-order chi connectivity index (χ0) is 18.9. The summed E-state index contributed by atoms with van der Waals surface area (Å²) in [4.78, 5) is 0. The molecule has 5 rings (SSSR count). The molecule has 0 aliphatic heterocycles. The number of aromatic nitrogens is 3. The highest BCUT2D eigenvalue weighted by molar-refractivity contribution is 5.64. The van der Waals surface area contributed by atoms with Gasteiger partial charge in [-0.15, -0.1) is 10.2 Å². The van der Waals surface area contributed by atoms with Crippen LogP contribution in [0.5, 0.6) is 0 Å². The van der Waals surface area contributed by atoms with E-state index in [0.717, 1.165) is 17.2 Å². The van der Waals surface area contributed by atoms with Crippen LogP contribution in [-0.4, -0.2) is 14.8 Å². The van der Waals surface area contributed by atoms with Crippen LogP contribution in [0, 0.1) is 16.7 Å². The highest BCUT2D eigenvalue weighted by Gasteiger charge is 2.51. The lowest BCUT2D eigenvalue weighted by Gasteiger charge is -2.53. The van der Waals surface area contributed by atoms with Crippen molar-refractivity contribution in [3.05, 3.63) is 35.7 Å². The third kappa shape index (κ3) is 3.08. The normalized spacial score (nSPS) is 26.9. The zero-order valence-electron chi connectivity index (χ0n) is 16.7. The Morgan fingerprint density at radius 2 is 1.74 bits per heavy atom. The van der Waals surface area contributed by atoms with Crippen LogP contribution in [0.4, 0.5) is 0 Å². The Labute approximate surface area is 162 Å². The first kappa shape index (κ1) is 18.2. The predicted octanol–water partition coefficient (Wildman–Crippen LogP) is 5.53. The molecule has 4 nitrogen and oxygen atoms in total. The topological polar surface area (TPSA) is 54.5 Å². The first-order chi connectivity index (χ1) is 13.1. The average Bonchev–Trinajstić information content (AvgIpc) is 3.11. The molecular weight excluding hydrogens is 332 g/mol. The highest BCUT2D eigenvalue weighted by Crippen LogP contribution is 2.59. The molecule has 0 N–H and O–H groups in total. The molecule has 0 unspecified atom stereocenters. The van der Waals surface area contributed by atoms with Crippen molar-refractivity contribution in [2.24, 2.45) is 12.5 Å². The van der Waals surface area contributed by atoms with Crippen molar-refractivity contribution in [1.82, 2.24) is 14.8 Å². The van der Waals surface area contributed by atoms with Crippen LogP contribution in [0.15, 0.2) is 24.3 Å². The largest absolute Gasteiger partial charge is 0.314 e. The van der Waals surface area contributed by atoms with Crippen molar-refractivity contribution in [3.63, 3.8) is 0 Å². The fourth-order valence-electron chi connectivity index (χ4n) is 5.52. The molecule has 0 spiro atoms. The fourth-order valence-corrected chi connectivity index (χ4v) is 5.52. The summed E-state index contributed by atoms with van der Waals surface area (Å²) in [5.41, 5.74) is 2.34. The summed E-state index contributed by atoms with van der Waals surface area (Å²) in [6, 6.07) is 9.99. The Bertz CT molecular complexity index is 833. The van der Waals surface area contributed by atoms with E-state index in [4.69, 9.17) is 0 Å². The van der Waals surface area contributed by atoms with Crippen LogP contribution in [-0.2, 0) is 12.5 Å². The molecule has 1 aromatic carbocycles. The van der Waals surface area contributed by atoms with Gasteiger partial charge in [-0.3, -0.25) is 0 Å². The van der Waals surface area contributed by atoms with Crippen molar-refractivity contribution in [2.45, 2.75) is 76.5 Å². The summed E-state index contributed by atoms with van der Waals surface area (Å²) in [6.45, 7) is 2.29. The van der Waals surface area contributed by atoms with Gasteiger partial charge in [0, 0.05) is 18.0 Å². The second kappa shape index (κ2) is 7.11. The SMILES string of the molecule is CCCCCC12CCC(c3nnc(-c4ccccc4C#N)n3C)(CC1)CC2. The zero-order valence-corrected chi connectivity index (χ0v) is 16.7. The van der Waals surface area contributed by atoms with Gasteiger partial charge in [0.25, 0.3) is 0 Å². The lowest BCUT2D eigenvalue weighted by molar-refractivity contribution is 0.0250. The number of unbranched alkanes of at least 4 members (excludes halogenated alkanes) is 2. The van der Waals surface area contributed by atoms with E-state index in [1.54, 1.807) is 0 Å². The molecule has 4 heteroatoms. The summed E-state index contributed by atoms with van der Waals surface area (Å²) in [6.07, 6.45) is 13.2. The van der Waals surface area contributed by atoms with Gasteiger partial charge in [0.1, 0.15) is 5.82 Å². The number of nitrogens with zero attached hydrogens (tertiary/aromatic N) is 4. The first-order valence-electron chi connectivity index (χ1n) is 10.5. The third-order valence-corrected chi connectivity index (χ3v) is 7.35. The minimum absolute atomic E-state index is 0.189. The Balaban J connectivity index is 1.58. The second-order valence-electron chi connectivity index (χ2n) is 8.80. The van der Waals surface area contributed by atoms with E-state index in [1.165, 1.54) is 64.2 Å². The molecule has 3 aliphatic carbocycles. The van der Waals surface area contributed by atoms with Crippen LogP contribution in [0.3, 0.4) is 0 Å². The number of benzene rings is 1. The molecule has 27 heavy (non-hydrogen) atoms. The lowest BCUT2D eigenvalue weighted by atomic mass is 9.52. The van der Waals surface area contributed by atoms with Gasteiger partial charge in [-0.25, -0.2) is 0 Å². The van der Waals surface area contributed by atoms with E-state index in [1.807, 2.05) is 24.3 Å². The molecule has 2 bridgehead atoms. The maximum absolute atomic E-state index is 9.44. The van der Waals surface area contributed by atoms with E-state index in [2.05, 4.69) is 34.8 Å². The summed E-state index contributed by atoms with van der Waals surface area (Å²) in [5.74, 6) is 1.95. The van der Waals surface area contributed by atoms with Crippen LogP contribution in [0.1, 0.15) is 82.5 Å². The summed E-state index contributed by atoms with van der Waals surface area (Å²) < 4.78 is 2.16. The Kier molecular flexibility index (Phi) is 4.80. The Hall–Kier alpha value is -2.15. The van der Waals surface area contributed by atoms with Gasteiger partial charge < -0.3 is 4.57 Å². The molecule has 3 saturated carbocycles. The van der Waals surface area contributed by atoms with Gasteiger partial charge in [-0.05, 0) is 62.5 Å². The first-order valence-corrected chi connectivity index (χ1v) is 10.5. The van der Waals surface area contributed by atoms with E-state index in [9.17, 15) is 5.26 Å². The second-order valence-corrected chi connectivity index (χ2v) is 8.80. The van der Waals surface area contributed by atoms with Crippen LogP contribution >= 0.6 is 0 Å². The van der Waals surface area contributed by atoms with Gasteiger partial charge in [0.2, 0.25) is 0 Å². The number of fused-ring (bicyclic) bond motifs is 3. The van der Waals surface area contributed by atoms with Crippen LogP contribution in [0.25, 0.3) is 11.4 Å². The molecule has 1 heterocycles. The van der Waals surface area contributed by atoms with Crippen molar-refractivity contribution in [3.8, 4) is 17.5 Å². The molecule has 0 saturated heterocycles. The maximum atomic E-state index is 9.44. The third-order valence-electron chi connectivity index (χ3n) is 7.35. The van der Waals surface area contributed by atoms with E-state index >= 15 is 0 Å². The van der Waals surface area contributed by atoms with Crippen molar-refractivity contribution >= 4 is 0 Å². The minimum Gasteiger partial charge on any atom is -0.314 e. The molecule has 2 aromatic rings. The smallest absolute Gasteiger partial charge is 0.165 e. The van der Waals surface area contributed by atoms with E-state index < -0.39 is 0 Å². The minimum atomic E-state index is 0.189. The molecule has 0 atom stereocenters. The van der Waals surface area contributed by atoms with Gasteiger partial charge in [0.15, 0.2) is 5.82 Å². The summed E-state index contributed by atoms with van der Waals surface area (Å²) >= 11 is 0. The maximum Gasteiger partial charge on any atom is 0.165 e. The number of hydrogen-bond donors (Lipinski definition) is 0. The highest BCUT2D eigenvalue weighted by atomic mass is 15.3. The molecule has 1 aromatic heterocycles. The summed E-state index contributed by atoms with van der Waals surface area (Å²) in [7, 11) is 2.07. The van der Waals surface area contributed by atoms with Gasteiger partial charge in [-0.1, -0.05) is 38.3 Å². The average molecular weight is 363 g/mol. The van der Waals surface area contributed by atoms with E-state index in [0.29, 0.717) is 11.0 Å². The van der Waals surface area contributed by atoms with Gasteiger partial charge >= 0.3 is 0 Å². The predicted molar refractivity (Wildman–Crippen MR) is 107 cm³/mol. The number of hydrogen-bond acceptors (Lipinski definition) is 3. The Morgan fingerprint density at radius 1 is 1.04 bits per heavy atom. The summed E-state index contributed by atoms with van der Waals surface area (Å²) in [5, 5.41) is 18.6. The number of nitriles is 1. The molecule has 3 fully saturated rings. The standard InChI is InChI=1S/C23H30N4/c1-3-4-7-10-22-11-14-23(15-12-22,16-13-22)21-26-25-20(27(21)2)19-9-6-5-8-18(19)17-24/h5-6,8-9H,3-4,7,10-16H2,1-2H3. The van der Waals surface area contributed by atoms with Gasteiger partial charge in [-0.2, -0.15) is 5.26 Å². The fraction of sp³-hybridized carbons (Fsp3) is 0.609. The molecule has 142 valence electrons. The van der Waals surface area contributed by atoms with Crippen LogP contribution < -0.4 is 0 Å². The Morgan fingerprint density at radius 3 is 2.41 bits per heavy atom. The lowest BCUT2D eigenvalue weighted by Crippen LogP contribution is -2.45.